The van der Waals surface area contributed by atoms with Gasteiger partial charge in [0, 0.05) is 23.6 Å². The van der Waals surface area contributed by atoms with E-state index in [1.165, 1.54) is 0 Å². The SMILES string of the molecule is COc1ccc2[nH]cc(C(C)(C)C(=O)NCC(C)C)c2c1. The predicted octanol–water partition coefficient (Wildman–Crippen LogP) is 3.23. The highest BCUT2D eigenvalue weighted by Gasteiger charge is 2.32. The number of ether oxygens (including phenoxy) is 1. The topological polar surface area (TPSA) is 54.1 Å². The number of hydrogen-bond donors (Lipinski definition) is 2. The second-order valence-corrected chi connectivity index (χ2v) is 6.34. The van der Waals surface area contributed by atoms with Gasteiger partial charge < -0.3 is 15.0 Å². The molecule has 1 aromatic carbocycles. The highest BCUT2D eigenvalue weighted by atomic mass is 16.5. The van der Waals surface area contributed by atoms with E-state index in [1.807, 2.05) is 38.2 Å². The minimum atomic E-state index is -0.598. The number of fused-ring (bicyclic) bond motifs is 1. The molecule has 1 heterocycles. The van der Waals surface area contributed by atoms with E-state index >= 15 is 0 Å². The third-order valence-corrected chi connectivity index (χ3v) is 3.80. The second-order valence-electron chi connectivity index (χ2n) is 6.34. The Morgan fingerprint density at radius 2 is 2.10 bits per heavy atom. The first kappa shape index (κ1) is 15.4. The molecule has 0 fully saturated rings. The maximum Gasteiger partial charge on any atom is 0.230 e. The third kappa shape index (κ3) is 3.04. The minimum absolute atomic E-state index is 0.0416. The van der Waals surface area contributed by atoms with Gasteiger partial charge in [-0.3, -0.25) is 4.79 Å². The molecule has 4 nitrogen and oxygen atoms in total. The predicted molar refractivity (Wildman–Crippen MR) is 85.7 cm³/mol. The van der Waals surface area contributed by atoms with Crippen molar-refractivity contribution in [2.24, 2.45) is 5.92 Å². The van der Waals surface area contributed by atoms with Crippen molar-refractivity contribution in [1.29, 1.82) is 0 Å². The Hall–Kier alpha value is -1.97. The van der Waals surface area contributed by atoms with E-state index in [0.29, 0.717) is 12.5 Å². The summed E-state index contributed by atoms with van der Waals surface area (Å²) in [6.45, 7) is 8.76. The summed E-state index contributed by atoms with van der Waals surface area (Å²) in [5.41, 5.74) is 1.40. The van der Waals surface area contributed by atoms with E-state index in [-0.39, 0.29) is 5.91 Å². The van der Waals surface area contributed by atoms with Crippen molar-refractivity contribution in [2.75, 3.05) is 13.7 Å². The molecule has 0 unspecified atom stereocenters. The van der Waals surface area contributed by atoms with Crippen LogP contribution in [0.25, 0.3) is 10.9 Å². The van der Waals surface area contributed by atoms with Gasteiger partial charge in [0.1, 0.15) is 5.75 Å². The minimum Gasteiger partial charge on any atom is -0.497 e. The number of benzene rings is 1. The molecule has 0 spiro atoms. The zero-order valence-electron chi connectivity index (χ0n) is 13.4. The molecule has 0 aliphatic rings. The number of rotatable bonds is 5. The fraction of sp³-hybridized carbons (Fsp3) is 0.471. The second kappa shape index (κ2) is 5.80. The van der Waals surface area contributed by atoms with Gasteiger partial charge in [-0.2, -0.15) is 0 Å². The van der Waals surface area contributed by atoms with Gasteiger partial charge >= 0.3 is 0 Å². The van der Waals surface area contributed by atoms with Crippen molar-refractivity contribution in [3.8, 4) is 5.75 Å². The molecule has 4 heteroatoms. The molecule has 1 amide bonds. The van der Waals surface area contributed by atoms with Crippen molar-refractivity contribution in [3.05, 3.63) is 30.0 Å². The van der Waals surface area contributed by atoms with E-state index in [4.69, 9.17) is 4.74 Å². The average Bonchev–Trinajstić information content (AvgIpc) is 2.87. The van der Waals surface area contributed by atoms with Gasteiger partial charge in [0.15, 0.2) is 0 Å². The first-order valence-corrected chi connectivity index (χ1v) is 7.30. The van der Waals surface area contributed by atoms with Crippen LogP contribution >= 0.6 is 0 Å². The summed E-state index contributed by atoms with van der Waals surface area (Å²) in [7, 11) is 1.65. The first-order valence-electron chi connectivity index (χ1n) is 7.30. The number of methoxy groups -OCH3 is 1. The molecule has 1 aromatic heterocycles. The molecule has 0 aliphatic heterocycles. The van der Waals surface area contributed by atoms with Crippen molar-refractivity contribution in [3.63, 3.8) is 0 Å². The molecule has 0 bridgehead atoms. The fourth-order valence-corrected chi connectivity index (χ4v) is 2.38. The molecule has 2 rings (SSSR count). The van der Waals surface area contributed by atoms with Crippen LogP contribution in [0.1, 0.15) is 33.3 Å². The molecule has 114 valence electrons. The van der Waals surface area contributed by atoms with Crippen LogP contribution in [0.4, 0.5) is 0 Å². The number of aromatic amines is 1. The zero-order chi connectivity index (χ0) is 15.6. The summed E-state index contributed by atoms with van der Waals surface area (Å²) < 4.78 is 5.28. The molecule has 0 saturated heterocycles. The molecule has 0 atom stereocenters. The van der Waals surface area contributed by atoms with E-state index < -0.39 is 5.41 Å². The van der Waals surface area contributed by atoms with Gasteiger partial charge in [0.25, 0.3) is 0 Å². The molecule has 0 aliphatic carbocycles. The van der Waals surface area contributed by atoms with Gasteiger partial charge in [0.2, 0.25) is 5.91 Å². The quantitative estimate of drug-likeness (QED) is 0.887. The van der Waals surface area contributed by atoms with Crippen LogP contribution in [0.5, 0.6) is 5.75 Å². The van der Waals surface area contributed by atoms with Crippen LogP contribution in [0.2, 0.25) is 0 Å². The van der Waals surface area contributed by atoms with E-state index in [0.717, 1.165) is 22.2 Å². The number of amides is 1. The van der Waals surface area contributed by atoms with Crippen LogP contribution in [-0.4, -0.2) is 24.5 Å². The van der Waals surface area contributed by atoms with Crippen LogP contribution in [0.15, 0.2) is 24.4 Å². The van der Waals surface area contributed by atoms with Crippen LogP contribution in [-0.2, 0) is 10.2 Å². The Kier molecular flexibility index (Phi) is 4.26. The molecule has 21 heavy (non-hydrogen) atoms. The third-order valence-electron chi connectivity index (χ3n) is 3.80. The van der Waals surface area contributed by atoms with Crippen LogP contribution in [0, 0.1) is 5.92 Å². The maximum atomic E-state index is 12.5. The van der Waals surface area contributed by atoms with Crippen molar-refractivity contribution in [2.45, 2.75) is 33.1 Å². The Balaban J connectivity index is 2.37. The number of hydrogen-bond acceptors (Lipinski definition) is 2. The number of carbonyl (C=O) groups is 1. The van der Waals surface area contributed by atoms with Gasteiger partial charge in [-0.25, -0.2) is 0 Å². The van der Waals surface area contributed by atoms with E-state index in [2.05, 4.69) is 24.1 Å². The lowest BCUT2D eigenvalue weighted by atomic mass is 9.83. The summed E-state index contributed by atoms with van der Waals surface area (Å²) >= 11 is 0. The number of aromatic nitrogens is 1. The van der Waals surface area contributed by atoms with Crippen LogP contribution < -0.4 is 10.1 Å². The highest BCUT2D eigenvalue weighted by molar-refractivity contribution is 5.95. The maximum absolute atomic E-state index is 12.5. The van der Waals surface area contributed by atoms with Crippen molar-refractivity contribution < 1.29 is 9.53 Å². The molecular weight excluding hydrogens is 264 g/mol. The van der Waals surface area contributed by atoms with E-state index in [1.54, 1.807) is 7.11 Å². The lowest BCUT2D eigenvalue weighted by Crippen LogP contribution is -2.41. The first-order chi connectivity index (χ1) is 9.86. The standard InChI is InChI=1S/C17H24N2O2/c1-11(2)9-19-16(20)17(3,4)14-10-18-15-7-6-12(21-5)8-13(14)15/h6-8,10-11,18H,9H2,1-5H3,(H,19,20). The monoisotopic (exact) mass is 288 g/mol. The highest BCUT2D eigenvalue weighted by Crippen LogP contribution is 2.32. The van der Waals surface area contributed by atoms with Gasteiger partial charge in [-0.1, -0.05) is 13.8 Å². The molecule has 0 saturated carbocycles. The summed E-state index contributed by atoms with van der Waals surface area (Å²) in [5, 5.41) is 4.05. The number of nitrogens with one attached hydrogen (secondary N) is 2. The van der Waals surface area contributed by atoms with Gasteiger partial charge in [-0.05, 0) is 43.5 Å². The van der Waals surface area contributed by atoms with Gasteiger partial charge in [-0.15, -0.1) is 0 Å². The summed E-state index contributed by atoms with van der Waals surface area (Å²) in [6, 6.07) is 5.85. The average molecular weight is 288 g/mol. The number of H-pyrrole nitrogens is 1. The van der Waals surface area contributed by atoms with Crippen molar-refractivity contribution >= 4 is 16.8 Å². The number of carbonyl (C=O) groups excluding carboxylic acids is 1. The summed E-state index contributed by atoms with van der Waals surface area (Å²) in [4.78, 5) is 15.7. The zero-order valence-corrected chi connectivity index (χ0v) is 13.4. The molecule has 2 N–H and O–H groups in total. The largest absolute Gasteiger partial charge is 0.497 e. The summed E-state index contributed by atoms with van der Waals surface area (Å²) in [6.07, 6.45) is 1.92. The molecular formula is C17H24N2O2. The van der Waals surface area contributed by atoms with Crippen LogP contribution in [0.3, 0.4) is 0 Å². The lowest BCUT2D eigenvalue weighted by Gasteiger charge is -2.24. The Morgan fingerprint density at radius 3 is 2.71 bits per heavy atom. The van der Waals surface area contributed by atoms with E-state index in [9.17, 15) is 4.79 Å². The fourth-order valence-electron chi connectivity index (χ4n) is 2.38. The molecule has 2 aromatic rings. The Labute approximate surface area is 125 Å². The lowest BCUT2D eigenvalue weighted by molar-refractivity contribution is -0.125. The van der Waals surface area contributed by atoms with Gasteiger partial charge in [0.05, 0.1) is 12.5 Å². The summed E-state index contributed by atoms with van der Waals surface area (Å²) in [5.74, 6) is 1.27. The van der Waals surface area contributed by atoms with Crippen molar-refractivity contribution in [1.82, 2.24) is 10.3 Å². The normalized spacial score (nSPS) is 11.9. The Bertz CT molecular complexity index is 641. The molecule has 0 radical (unpaired) electrons. The Morgan fingerprint density at radius 1 is 1.38 bits per heavy atom. The smallest absolute Gasteiger partial charge is 0.230 e.